The van der Waals surface area contributed by atoms with Gasteiger partial charge in [-0.05, 0) is 65.4 Å². The molecule has 0 aromatic carbocycles. The number of likely N-dealkylation sites (tertiary alicyclic amines) is 1. The van der Waals surface area contributed by atoms with E-state index < -0.39 is 5.60 Å². The summed E-state index contributed by atoms with van der Waals surface area (Å²) in [5.74, 6) is 0.562. The smallest absolute Gasteiger partial charge is 0.410 e. The van der Waals surface area contributed by atoms with Crippen LogP contribution >= 0.6 is 0 Å². The monoisotopic (exact) mass is 348 g/mol. The second kappa shape index (κ2) is 7.36. The molecular weight excluding hydrogens is 316 g/mol. The fourth-order valence-corrected chi connectivity index (χ4v) is 3.50. The Kier molecular flexibility index (Phi) is 5.37. The van der Waals surface area contributed by atoms with Crippen LogP contribution in [0.2, 0.25) is 0 Å². The van der Waals surface area contributed by atoms with Crippen molar-refractivity contribution < 1.29 is 9.53 Å². The molecule has 2 heterocycles. The van der Waals surface area contributed by atoms with E-state index in [-0.39, 0.29) is 6.09 Å². The predicted molar refractivity (Wildman–Crippen MR) is 97.3 cm³/mol. The van der Waals surface area contributed by atoms with E-state index in [1.165, 1.54) is 25.0 Å². The van der Waals surface area contributed by atoms with Crippen molar-refractivity contribution in [3.8, 4) is 0 Å². The molecule has 2 fully saturated rings. The minimum absolute atomic E-state index is 0.186. The summed E-state index contributed by atoms with van der Waals surface area (Å²) in [4.78, 5) is 13.8. The van der Waals surface area contributed by atoms with Crippen LogP contribution in [0.25, 0.3) is 0 Å². The normalized spacial score (nSPS) is 20.1. The fourth-order valence-electron chi connectivity index (χ4n) is 3.50. The first-order valence-corrected chi connectivity index (χ1v) is 9.55. The van der Waals surface area contributed by atoms with Gasteiger partial charge in [-0.1, -0.05) is 0 Å². The maximum absolute atomic E-state index is 12.0. The number of rotatable bonds is 6. The fraction of sp³-hybridized carbons (Fsp3) is 0.789. The molecule has 140 valence electrons. The van der Waals surface area contributed by atoms with E-state index in [9.17, 15) is 4.79 Å². The Morgan fingerprint density at radius 3 is 2.72 bits per heavy atom. The number of carbonyl (C=O) groups is 1. The molecule has 1 saturated heterocycles. The van der Waals surface area contributed by atoms with Gasteiger partial charge in [0, 0.05) is 31.9 Å². The number of nitrogens with one attached hydrogen (secondary N) is 1. The second-order valence-corrected chi connectivity index (χ2v) is 8.62. The van der Waals surface area contributed by atoms with Crippen LogP contribution in [0.1, 0.15) is 65.1 Å². The Morgan fingerprint density at radius 2 is 2.12 bits per heavy atom. The lowest BCUT2D eigenvalue weighted by Gasteiger charge is -2.41. The van der Waals surface area contributed by atoms with Crippen LogP contribution in [0.3, 0.4) is 0 Å². The number of amides is 1. The predicted octanol–water partition coefficient (Wildman–Crippen LogP) is 3.34. The average Bonchev–Trinajstić information content (AvgIpc) is 2.84. The van der Waals surface area contributed by atoms with E-state index in [0.717, 1.165) is 26.1 Å². The highest BCUT2D eigenvalue weighted by atomic mass is 16.6. The highest BCUT2D eigenvalue weighted by Crippen LogP contribution is 2.31. The summed E-state index contributed by atoms with van der Waals surface area (Å²) < 4.78 is 7.60. The van der Waals surface area contributed by atoms with Gasteiger partial charge < -0.3 is 15.0 Å². The van der Waals surface area contributed by atoms with Gasteiger partial charge in [0.25, 0.3) is 0 Å². The maximum atomic E-state index is 12.0. The third-order valence-corrected chi connectivity index (χ3v) is 5.10. The molecule has 2 aliphatic rings. The van der Waals surface area contributed by atoms with E-state index in [1.807, 2.05) is 27.0 Å². The average molecular weight is 348 g/mol. The molecule has 0 bridgehead atoms. The molecule has 25 heavy (non-hydrogen) atoms. The number of carbonyl (C=O) groups excluding carboxylic acids is 1. The lowest BCUT2D eigenvalue weighted by atomic mass is 9.93. The summed E-state index contributed by atoms with van der Waals surface area (Å²) in [5, 5.41) is 8.10. The molecule has 6 nitrogen and oxygen atoms in total. The van der Waals surface area contributed by atoms with Gasteiger partial charge >= 0.3 is 6.09 Å². The molecule has 1 atom stereocenters. The van der Waals surface area contributed by atoms with Crippen molar-refractivity contribution in [1.29, 1.82) is 0 Å². The van der Waals surface area contributed by atoms with Gasteiger partial charge in [0.05, 0.1) is 11.7 Å². The van der Waals surface area contributed by atoms with Gasteiger partial charge in [0.15, 0.2) is 0 Å². The van der Waals surface area contributed by atoms with Gasteiger partial charge in [0.2, 0.25) is 0 Å². The van der Waals surface area contributed by atoms with E-state index in [1.54, 1.807) is 4.90 Å². The summed E-state index contributed by atoms with van der Waals surface area (Å²) >= 11 is 0. The standard InChI is InChI=1S/C19H32N4O2/c1-14(10-15-12-22(13-15)18(24)25-19(2,3)4)20-11-17-8-9-21-23(17)16-6-5-7-16/h8-9,14-16,20H,5-7,10-13H2,1-4H3. The van der Waals surface area contributed by atoms with Crippen LogP contribution in [0.5, 0.6) is 0 Å². The second-order valence-electron chi connectivity index (χ2n) is 8.62. The topological polar surface area (TPSA) is 59.4 Å². The third-order valence-electron chi connectivity index (χ3n) is 5.10. The molecular formula is C19H32N4O2. The lowest BCUT2D eigenvalue weighted by molar-refractivity contribution is -0.00332. The van der Waals surface area contributed by atoms with Crippen molar-refractivity contribution >= 4 is 6.09 Å². The number of nitrogens with zero attached hydrogens (tertiary/aromatic N) is 3. The van der Waals surface area contributed by atoms with Crippen molar-refractivity contribution in [2.75, 3.05) is 13.1 Å². The zero-order chi connectivity index (χ0) is 18.0. The Hall–Kier alpha value is -1.56. The molecule has 0 radical (unpaired) electrons. The van der Waals surface area contributed by atoms with Crippen LogP contribution in [0.15, 0.2) is 12.3 Å². The van der Waals surface area contributed by atoms with Gasteiger partial charge in [-0.3, -0.25) is 4.68 Å². The van der Waals surface area contributed by atoms with Crippen LogP contribution in [-0.2, 0) is 11.3 Å². The molecule has 1 amide bonds. The van der Waals surface area contributed by atoms with Gasteiger partial charge in [-0.25, -0.2) is 4.79 Å². The molecule has 1 aliphatic heterocycles. The van der Waals surface area contributed by atoms with E-state index >= 15 is 0 Å². The van der Waals surface area contributed by atoms with E-state index in [4.69, 9.17) is 4.74 Å². The van der Waals surface area contributed by atoms with Crippen LogP contribution < -0.4 is 5.32 Å². The highest BCUT2D eigenvalue weighted by molar-refractivity contribution is 5.69. The van der Waals surface area contributed by atoms with Crippen molar-refractivity contribution in [3.05, 3.63) is 18.0 Å². The first kappa shape index (κ1) is 18.2. The van der Waals surface area contributed by atoms with E-state index in [2.05, 4.69) is 28.1 Å². The van der Waals surface area contributed by atoms with E-state index in [0.29, 0.717) is 18.0 Å². The Balaban J connectivity index is 1.36. The molecule has 1 unspecified atom stereocenters. The largest absolute Gasteiger partial charge is 0.444 e. The summed E-state index contributed by atoms with van der Waals surface area (Å²) in [7, 11) is 0. The molecule has 3 rings (SSSR count). The number of aromatic nitrogens is 2. The third kappa shape index (κ3) is 4.75. The summed E-state index contributed by atoms with van der Waals surface area (Å²) in [5.41, 5.74) is 0.862. The summed E-state index contributed by atoms with van der Waals surface area (Å²) in [6, 6.07) is 3.15. The Morgan fingerprint density at radius 1 is 1.40 bits per heavy atom. The zero-order valence-corrected chi connectivity index (χ0v) is 16.0. The van der Waals surface area contributed by atoms with Crippen LogP contribution in [-0.4, -0.2) is 45.5 Å². The highest BCUT2D eigenvalue weighted by Gasteiger charge is 2.34. The van der Waals surface area contributed by atoms with Gasteiger partial charge in [-0.15, -0.1) is 0 Å². The molecule has 1 aromatic rings. The van der Waals surface area contributed by atoms with Crippen molar-refractivity contribution in [1.82, 2.24) is 20.0 Å². The molecule has 0 spiro atoms. The maximum Gasteiger partial charge on any atom is 0.410 e. The number of ether oxygens (including phenoxy) is 1. The molecule has 6 heteroatoms. The van der Waals surface area contributed by atoms with Gasteiger partial charge in [0.1, 0.15) is 5.60 Å². The van der Waals surface area contributed by atoms with Crippen molar-refractivity contribution in [3.63, 3.8) is 0 Å². The molecule has 1 saturated carbocycles. The molecule has 1 aromatic heterocycles. The number of hydrogen-bond donors (Lipinski definition) is 1. The van der Waals surface area contributed by atoms with Crippen molar-refractivity contribution in [2.45, 2.75) is 77.6 Å². The lowest BCUT2D eigenvalue weighted by Crippen LogP contribution is -2.52. The minimum atomic E-state index is -0.416. The molecule has 1 N–H and O–H groups in total. The van der Waals surface area contributed by atoms with Crippen molar-refractivity contribution in [2.24, 2.45) is 5.92 Å². The quantitative estimate of drug-likeness (QED) is 0.856. The Labute approximate surface area is 150 Å². The first-order chi connectivity index (χ1) is 11.8. The van der Waals surface area contributed by atoms with Crippen LogP contribution in [0, 0.1) is 5.92 Å². The minimum Gasteiger partial charge on any atom is -0.444 e. The Bertz CT molecular complexity index is 582. The van der Waals surface area contributed by atoms with Gasteiger partial charge in [-0.2, -0.15) is 5.10 Å². The zero-order valence-electron chi connectivity index (χ0n) is 16.0. The summed E-state index contributed by atoms with van der Waals surface area (Å²) in [6.45, 7) is 10.4. The molecule has 1 aliphatic carbocycles. The first-order valence-electron chi connectivity index (χ1n) is 9.55. The van der Waals surface area contributed by atoms with Crippen LogP contribution in [0.4, 0.5) is 4.79 Å². The number of hydrogen-bond acceptors (Lipinski definition) is 4. The summed E-state index contributed by atoms with van der Waals surface area (Å²) in [6.07, 6.45) is 6.64. The SMILES string of the molecule is CC(CC1CN(C(=O)OC(C)(C)C)C1)NCc1ccnn1C1CCC1.